The Labute approximate surface area is 135 Å². The van der Waals surface area contributed by atoms with E-state index in [1.54, 1.807) is 11.3 Å². The van der Waals surface area contributed by atoms with Gasteiger partial charge in [0.05, 0.1) is 11.5 Å². The summed E-state index contributed by atoms with van der Waals surface area (Å²) in [5.74, 6) is 0.107. The van der Waals surface area contributed by atoms with E-state index in [1.165, 1.54) is 4.70 Å². The highest BCUT2D eigenvalue weighted by Crippen LogP contribution is 2.26. The van der Waals surface area contributed by atoms with Crippen molar-refractivity contribution in [2.24, 2.45) is 0 Å². The molecule has 1 aromatic carbocycles. The van der Waals surface area contributed by atoms with E-state index in [4.69, 9.17) is 4.74 Å². The van der Waals surface area contributed by atoms with Gasteiger partial charge in [0.25, 0.3) is 0 Å². The predicted molar refractivity (Wildman–Crippen MR) is 90.5 cm³/mol. The zero-order valence-corrected chi connectivity index (χ0v) is 13.8. The highest BCUT2D eigenvalue weighted by atomic mass is 32.1. The molecule has 0 N–H and O–H groups in total. The fourth-order valence-electron chi connectivity index (χ4n) is 2.38. The Bertz CT molecular complexity index is 597. The molecule has 0 spiro atoms. The average molecular weight is 318 g/mol. The van der Waals surface area contributed by atoms with Gasteiger partial charge in [-0.15, -0.1) is 11.3 Å². The molecular weight excluding hydrogens is 296 g/mol. The van der Waals surface area contributed by atoms with E-state index < -0.39 is 0 Å². The molecule has 0 radical (unpaired) electrons. The van der Waals surface area contributed by atoms with Crippen LogP contribution in [-0.4, -0.2) is 18.4 Å². The summed E-state index contributed by atoms with van der Waals surface area (Å²) in [5.41, 5.74) is 0. The zero-order chi connectivity index (χ0) is 15.8. The molecule has 2 rings (SSSR count). The van der Waals surface area contributed by atoms with E-state index in [0.29, 0.717) is 19.4 Å². The average Bonchev–Trinajstić information content (AvgIpc) is 2.95. The molecule has 0 bridgehead atoms. The first-order valence-corrected chi connectivity index (χ1v) is 8.69. The molecule has 0 aliphatic carbocycles. The van der Waals surface area contributed by atoms with Gasteiger partial charge in [0.15, 0.2) is 5.78 Å². The summed E-state index contributed by atoms with van der Waals surface area (Å²) in [7, 11) is 0. The van der Waals surface area contributed by atoms with Gasteiger partial charge in [0, 0.05) is 17.5 Å². The maximum absolute atomic E-state index is 12.2. The molecule has 0 amide bonds. The third kappa shape index (κ3) is 4.95. The summed E-state index contributed by atoms with van der Waals surface area (Å²) in [6.45, 7) is 2.26. The van der Waals surface area contributed by atoms with Crippen LogP contribution in [-0.2, 0) is 9.53 Å². The fourth-order valence-corrected chi connectivity index (χ4v) is 3.41. The summed E-state index contributed by atoms with van der Waals surface area (Å²) >= 11 is 1.57. The molecule has 4 heteroatoms. The molecule has 3 nitrogen and oxygen atoms in total. The zero-order valence-electron chi connectivity index (χ0n) is 13.0. The lowest BCUT2D eigenvalue weighted by Gasteiger charge is -2.02. The summed E-state index contributed by atoms with van der Waals surface area (Å²) in [6, 6.07) is 10.1. The number of hydrogen-bond acceptors (Lipinski definition) is 4. The number of fused-ring (bicyclic) bond motifs is 1. The second kappa shape index (κ2) is 8.69. The smallest absolute Gasteiger partial charge is 0.305 e. The Hall–Kier alpha value is -1.68. The highest BCUT2D eigenvalue weighted by molar-refractivity contribution is 7.20. The van der Waals surface area contributed by atoms with Crippen molar-refractivity contribution in [2.75, 3.05) is 6.61 Å². The molecular formula is C18H22O3S. The first-order valence-electron chi connectivity index (χ1n) is 7.88. The Balaban J connectivity index is 1.66. The van der Waals surface area contributed by atoms with E-state index in [0.717, 1.165) is 35.9 Å². The van der Waals surface area contributed by atoms with Crippen LogP contribution in [0.5, 0.6) is 0 Å². The number of unbranched alkanes of at least 4 members (excludes halogenated alkanes) is 3. The monoisotopic (exact) mass is 318 g/mol. The van der Waals surface area contributed by atoms with Crippen LogP contribution in [0.1, 0.15) is 55.1 Å². The van der Waals surface area contributed by atoms with Crippen molar-refractivity contribution < 1.29 is 14.3 Å². The van der Waals surface area contributed by atoms with Gasteiger partial charge in [0.1, 0.15) is 0 Å². The Morgan fingerprint density at radius 1 is 1.05 bits per heavy atom. The van der Waals surface area contributed by atoms with Crippen molar-refractivity contribution in [3.63, 3.8) is 0 Å². The Kier molecular flexibility index (Phi) is 6.59. The van der Waals surface area contributed by atoms with Crippen molar-refractivity contribution in [1.82, 2.24) is 0 Å². The van der Waals surface area contributed by atoms with Crippen LogP contribution in [0.2, 0.25) is 0 Å². The number of ketones is 1. The molecule has 0 saturated heterocycles. The third-order valence-corrected chi connectivity index (χ3v) is 4.70. The SMILES string of the molecule is CCOC(=O)CCCCCCC(=O)c1cc2ccccc2s1. The van der Waals surface area contributed by atoms with Crippen LogP contribution in [0.25, 0.3) is 10.1 Å². The minimum Gasteiger partial charge on any atom is -0.466 e. The summed E-state index contributed by atoms with van der Waals surface area (Å²) in [5, 5.41) is 1.14. The van der Waals surface area contributed by atoms with Crippen LogP contribution in [0.4, 0.5) is 0 Å². The van der Waals surface area contributed by atoms with Gasteiger partial charge in [-0.1, -0.05) is 31.0 Å². The van der Waals surface area contributed by atoms with E-state index in [-0.39, 0.29) is 11.8 Å². The second-order valence-electron chi connectivity index (χ2n) is 5.29. The van der Waals surface area contributed by atoms with Crippen LogP contribution in [0.3, 0.4) is 0 Å². The molecule has 2 aromatic rings. The van der Waals surface area contributed by atoms with Crippen molar-refractivity contribution in [1.29, 1.82) is 0 Å². The van der Waals surface area contributed by atoms with Gasteiger partial charge >= 0.3 is 5.97 Å². The Morgan fingerprint density at radius 3 is 2.50 bits per heavy atom. The molecule has 0 aliphatic heterocycles. The Morgan fingerprint density at radius 2 is 1.77 bits per heavy atom. The number of hydrogen-bond donors (Lipinski definition) is 0. The van der Waals surface area contributed by atoms with E-state index in [2.05, 4.69) is 0 Å². The van der Waals surface area contributed by atoms with Crippen molar-refractivity contribution >= 4 is 33.2 Å². The number of carbonyl (C=O) groups is 2. The van der Waals surface area contributed by atoms with Gasteiger partial charge in [-0.05, 0) is 37.3 Å². The molecule has 0 aliphatic rings. The van der Waals surface area contributed by atoms with E-state index in [9.17, 15) is 9.59 Å². The summed E-state index contributed by atoms with van der Waals surface area (Å²) in [4.78, 5) is 24.2. The normalized spacial score (nSPS) is 10.8. The number of rotatable bonds is 9. The number of Topliss-reactive ketones (excluding diaryl/α,β-unsaturated/α-hetero) is 1. The minimum absolute atomic E-state index is 0.121. The quantitative estimate of drug-likeness (QED) is 0.372. The van der Waals surface area contributed by atoms with Crippen molar-refractivity contribution in [2.45, 2.75) is 45.4 Å². The second-order valence-corrected chi connectivity index (χ2v) is 6.37. The van der Waals surface area contributed by atoms with Gasteiger partial charge in [-0.2, -0.15) is 0 Å². The molecule has 118 valence electrons. The van der Waals surface area contributed by atoms with Gasteiger partial charge in [-0.3, -0.25) is 9.59 Å². The van der Waals surface area contributed by atoms with Crippen LogP contribution in [0.15, 0.2) is 30.3 Å². The van der Waals surface area contributed by atoms with Gasteiger partial charge < -0.3 is 4.74 Å². The van der Waals surface area contributed by atoms with Crippen molar-refractivity contribution in [3.05, 3.63) is 35.2 Å². The van der Waals surface area contributed by atoms with Crippen LogP contribution >= 0.6 is 11.3 Å². The van der Waals surface area contributed by atoms with Crippen LogP contribution < -0.4 is 0 Å². The number of thiophene rings is 1. The lowest BCUT2D eigenvalue weighted by Crippen LogP contribution is -2.03. The largest absolute Gasteiger partial charge is 0.466 e. The molecule has 22 heavy (non-hydrogen) atoms. The molecule has 0 fully saturated rings. The fraction of sp³-hybridized carbons (Fsp3) is 0.444. The number of carbonyl (C=O) groups excluding carboxylic acids is 2. The highest BCUT2D eigenvalue weighted by Gasteiger charge is 2.09. The lowest BCUT2D eigenvalue weighted by molar-refractivity contribution is -0.143. The molecule has 0 unspecified atom stereocenters. The van der Waals surface area contributed by atoms with E-state index in [1.807, 2.05) is 37.3 Å². The number of benzene rings is 1. The first-order chi connectivity index (χ1) is 10.7. The van der Waals surface area contributed by atoms with Crippen LogP contribution in [0, 0.1) is 0 Å². The topological polar surface area (TPSA) is 43.4 Å². The van der Waals surface area contributed by atoms with Gasteiger partial charge in [0.2, 0.25) is 0 Å². The molecule has 0 saturated carbocycles. The van der Waals surface area contributed by atoms with Gasteiger partial charge in [-0.25, -0.2) is 0 Å². The number of ether oxygens (including phenoxy) is 1. The number of esters is 1. The third-order valence-electron chi connectivity index (χ3n) is 3.54. The maximum Gasteiger partial charge on any atom is 0.305 e. The minimum atomic E-state index is -0.121. The predicted octanol–water partition coefficient (Wildman–Crippen LogP) is 4.99. The molecule has 1 heterocycles. The maximum atomic E-state index is 12.2. The van der Waals surface area contributed by atoms with E-state index >= 15 is 0 Å². The first kappa shape index (κ1) is 16.7. The summed E-state index contributed by atoms with van der Waals surface area (Å²) in [6.07, 6.45) is 4.75. The standard InChI is InChI=1S/C18H22O3S/c1-2-21-18(20)12-6-4-3-5-10-15(19)17-13-14-9-7-8-11-16(14)22-17/h7-9,11,13H,2-6,10,12H2,1H3. The molecule has 1 aromatic heterocycles. The molecule has 0 atom stereocenters. The lowest BCUT2D eigenvalue weighted by atomic mass is 10.1. The van der Waals surface area contributed by atoms with Crippen molar-refractivity contribution in [3.8, 4) is 0 Å². The summed E-state index contributed by atoms with van der Waals surface area (Å²) < 4.78 is 6.05.